The minimum absolute atomic E-state index is 0.0760. The average Bonchev–Trinajstić information content (AvgIpc) is 3.33. The van der Waals surface area contributed by atoms with E-state index in [0.29, 0.717) is 59.0 Å². The highest BCUT2D eigenvalue weighted by Gasteiger charge is 2.34. The van der Waals surface area contributed by atoms with Crippen molar-refractivity contribution in [3.63, 3.8) is 0 Å². The van der Waals surface area contributed by atoms with Gasteiger partial charge in [0.1, 0.15) is 12.4 Å². The van der Waals surface area contributed by atoms with Gasteiger partial charge in [-0.1, -0.05) is 29.5 Å². The summed E-state index contributed by atoms with van der Waals surface area (Å²) in [6, 6.07) is 17.6. The van der Waals surface area contributed by atoms with E-state index in [9.17, 15) is 9.59 Å². The molecular weight excluding hydrogens is 750 g/mol. The molecule has 0 radical (unpaired) electrons. The number of carbonyl (C=O) groups excluding carboxylic acids is 1. The first-order chi connectivity index (χ1) is 22.5. The monoisotopic (exact) mass is 779 g/mol. The number of thiazole rings is 1. The molecule has 1 atom stereocenters. The Morgan fingerprint density at radius 2 is 1.81 bits per heavy atom. The van der Waals surface area contributed by atoms with Gasteiger partial charge in [-0.3, -0.25) is 9.36 Å². The summed E-state index contributed by atoms with van der Waals surface area (Å²) in [5.41, 5.74) is 3.34. The molecule has 12 heteroatoms. The van der Waals surface area contributed by atoms with Gasteiger partial charge in [-0.2, -0.15) is 5.26 Å². The first-order valence-corrected chi connectivity index (χ1v) is 17.1. The summed E-state index contributed by atoms with van der Waals surface area (Å²) >= 11 is 8.45. The predicted molar refractivity (Wildman–Crippen MR) is 186 cm³/mol. The van der Waals surface area contributed by atoms with E-state index in [4.69, 9.17) is 24.2 Å². The lowest BCUT2D eigenvalue weighted by Gasteiger charge is -2.25. The number of ether oxygens (including phenoxy) is 4. The van der Waals surface area contributed by atoms with Crippen molar-refractivity contribution in [1.82, 2.24) is 4.57 Å². The van der Waals surface area contributed by atoms with Gasteiger partial charge in [0.15, 0.2) is 16.3 Å². The van der Waals surface area contributed by atoms with Gasteiger partial charge in [0, 0.05) is 0 Å². The highest BCUT2D eigenvalue weighted by Crippen LogP contribution is 2.37. The van der Waals surface area contributed by atoms with E-state index >= 15 is 0 Å². The van der Waals surface area contributed by atoms with Gasteiger partial charge in [0.05, 0.1) is 62.2 Å². The van der Waals surface area contributed by atoms with Gasteiger partial charge in [0.25, 0.3) is 5.56 Å². The lowest BCUT2D eigenvalue weighted by Crippen LogP contribution is -2.40. The third-order valence-electron chi connectivity index (χ3n) is 7.17. The quantitative estimate of drug-likeness (QED) is 0.168. The zero-order valence-electron chi connectivity index (χ0n) is 26.3. The van der Waals surface area contributed by atoms with Gasteiger partial charge >= 0.3 is 5.97 Å². The Balaban J connectivity index is 1.56. The maximum atomic E-state index is 14.1. The molecule has 9 nitrogen and oxygen atoms in total. The smallest absolute Gasteiger partial charge is 0.338 e. The van der Waals surface area contributed by atoms with Crippen LogP contribution in [0.1, 0.15) is 56.0 Å². The molecule has 5 rings (SSSR count). The van der Waals surface area contributed by atoms with Crippen molar-refractivity contribution < 1.29 is 23.7 Å². The molecule has 0 saturated carbocycles. The number of fused-ring (bicyclic) bond motifs is 1. The third-order valence-corrected chi connectivity index (χ3v) is 9.33. The van der Waals surface area contributed by atoms with Crippen LogP contribution in [0.3, 0.4) is 0 Å². The molecule has 242 valence electrons. The second-order valence-electron chi connectivity index (χ2n) is 10.8. The summed E-state index contributed by atoms with van der Waals surface area (Å²) in [5.74, 6) is 1.09. The molecule has 1 aromatic heterocycles. The highest BCUT2D eigenvalue weighted by atomic mass is 79.9. The largest absolute Gasteiger partial charge is 0.493 e. The van der Waals surface area contributed by atoms with Crippen LogP contribution in [0.4, 0.5) is 0 Å². The molecule has 0 N–H and O–H groups in total. The van der Waals surface area contributed by atoms with Gasteiger partial charge in [-0.15, -0.1) is 0 Å². The van der Waals surface area contributed by atoms with E-state index in [-0.39, 0.29) is 23.8 Å². The summed E-state index contributed by atoms with van der Waals surface area (Å²) in [7, 11) is 1.55. The lowest BCUT2D eigenvalue weighted by atomic mass is 9.95. The molecule has 2 heterocycles. The summed E-state index contributed by atoms with van der Waals surface area (Å²) in [4.78, 5) is 32.6. The number of carbonyl (C=O) groups is 1. The van der Waals surface area contributed by atoms with Crippen LogP contribution in [0.5, 0.6) is 17.2 Å². The topological polar surface area (TPSA) is 112 Å². The molecule has 0 bridgehead atoms. The summed E-state index contributed by atoms with van der Waals surface area (Å²) in [6.07, 6.45) is 1.71. The molecule has 0 unspecified atom stereocenters. The Hall–Kier alpha value is -4.18. The van der Waals surface area contributed by atoms with Crippen molar-refractivity contribution in [2.75, 3.05) is 13.7 Å². The van der Waals surface area contributed by atoms with E-state index in [1.54, 1.807) is 51.3 Å². The van der Waals surface area contributed by atoms with E-state index in [2.05, 4.69) is 42.9 Å². The first kappa shape index (κ1) is 34.2. The lowest BCUT2D eigenvalue weighted by molar-refractivity contribution is -0.139. The molecule has 3 aromatic carbocycles. The molecule has 0 saturated heterocycles. The predicted octanol–water partition coefficient (Wildman–Crippen LogP) is 6.57. The number of allylic oxidation sites excluding steroid dienone is 1. The second-order valence-corrected chi connectivity index (χ2v) is 13.5. The maximum absolute atomic E-state index is 14.1. The van der Waals surface area contributed by atoms with Crippen LogP contribution in [0.2, 0.25) is 0 Å². The van der Waals surface area contributed by atoms with Gasteiger partial charge < -0.3 is 18.9 Å². The van der Waals surface area contributed by atoms with E-state index in [1.165, 1.54) is 15.9 Å². The first-order valence-electron chi connectivity index (χ1n) is 14.7. The number of nitriles is 1. The fourth-order valence-corrected chi connectivity index (χ4v) is 7.59. The number of aromatic nitrogens is 1. The van der Waals surface area contributed by atoms with Crippen molar-refractivity contribution in [3.8, 4) is 23.3 Å². The Morgan fingerprint density at radius 1 is 1.11 bits per heavy atom. The Morgan fingerprint density at radius 3 is 2.43 bits per heavy atom. The standard InChI is InChI=1S/C35H31Br2N3O6S/c1-6-44-34(42)30-20(4)39-35-40(31(30)24-11-12-27(46-19(2)3)28(16-24)43-5)33(41)29(47-35)15-23-13-25(36)32(26(37)14-23)45-18-22-9-7-21(17-38)8-10-22/h7-16,19,31H,6,18H2,1-5H3/b29-15+/t31-/m1/s1. The van der Waals surface area contributed by atoms with Crippen LogP contribution in [0, 0.1) is 11.3 Å². The molecule has 0 amide bonds. The second kappa shape index (κ2) is 14.7. The number of rotatable bonds is 10. The molecular formula is C35H31Br2N3O6S. The SMILES string of the molecule is CCOC(=O)C1=C(C)N=c2s/c(=C/c3cc(Br)c(OCc4ccc(C#N)cc4)c(Br)c3)c(=O)n2[C@@H]1c1ccc(OC(C)C)c(OC)c1. The van der Waals surface area contributed by atoms with Crippen molar-refractivity contribution in [1.29, 1.82) is 5.26 Å². The summed E-state index contributed by atoms with van der Waals surface area (Å²) < 4.78 is 26.4. The minimum atomic E-state index is -0.800. The van der Waals surface area contributed by atoms with Gasteiger partial charge in [0.2, 0.25) is 0 Å². The van der Waals surface area contributed by atoms with Crippen LogP contribution in [0.25, 0.3) is 6.08 Å². The van der Waals surface area contributed by atoms with Crippen molar-refractivity contribution in [2.24, 2.45) is 4.99 Å². The van der Waals surface area contributed by atoms with E-state index < -0.39 is 12.0 Å². The fraction of sp³-hybridized carbons (Fsp3) is 0.257. The van der Waals surface area contributed by atoms with Crippen LogP contribution in [0.15, 0.2) is 84.6 Å². The molecule has 0 fully saturated rings. The van der Waals surface area contributed by atoms with Crippen LogP contribution < -0.4 is 29.1 Å². The van der Waals surface area contributed by atoms with Gasteiger partial charge in [-0.25, -0.2) is 9.79 Å². The van der Waals surface area contributed by atoms with Gasteiger partial charge in [-0.05, 0) is 119 Å². The Labute approximate surface area is 292 Å². The molecule has 0 aliphatic carbocycles. The molecule has 0 spiro atoms. The zero-order valence-corrected chi connectivity index (χ0v) is 30.3. The number of nitrogens with zero attached hydrogens (tertiary/aromatic N) is 3. The average molecular weight is 782 g/mol. The molecule has 1 aliphatic heterocycles. The van der Waals surface area contributed by atoms with Crippen LogP contribution in [-0.4, -0.2) is 30.4 Å². The fourth-order valence-electron chi connectivity index (χ4n) is 5.10. The summed E-state index contributed by atoms with van der Waals surface area (Å²) in [6.45, 7) is 7.80. The van der Waals surface area contributed by atoms with Crippen LogP contribution in [-0.2, 0) is 16.1 Å². The van der Waals surface area contributed by atoms with Crippen molar-refractivity contribution in [2.45, 2.75) is 46.4 Å². The third kappa shape index (κ3) is 7.38. The number of methoxy groups -OCH3 is 1. The van der Waals surface area contributed by atoms with Crippen molar-refractivity contribution >= 4 is 55.2 Å². The maximum Gasteiger partial charge on any atom is 0.338 e. The number of esters is 1. The van der Waals surface area contributed by atoms with E-state index in [1.807, 2.05) is 44.2 Å². The van der Waals surface area contributed by atoms with Crippen LogP contribution >= 0.6 is 43.2 Å². The Bertz CT molecular complexity index is 2070. The normalized spacial score (nSPS) is 14.4. The molecule has 4 aromatic rings. The number of hydrogen-bond acceptors (Lipinski definition) is 9. The zero-order chi connectivity index (χ0) is 33.8. The molecule has 47 heavy (non-hydrogen) atoms. The Kier molecular flexibility index (Phi) is 10.7. The number of benzene rings is 3. The molecule has 1 aliphatic rings. The highest BCUT2D eigenvalue weighted by molar-refractivity contribution is 9.11. The summed E-state index contributed by atoms with van der Waals surface area (Å²) in [5, 5.41) is 9.04. The number of halogens is 2. The van der Waals surface area contributed by atoms with Crippen molar-refractivity contribution in [3.05, 3.63) is 117 Å². The van der Waals surface area contributed by atoms with E-state index in [0.717, 1.165) is 11.1 Å². The number of hydrogen-bond donors (Lipinski definition) is 0. The minimum Gasteiger partial charge on any atom is -0.493 e.